The zero-order chi connectivity index (χ0) is 18.7. The summed E-state index contributed by atoms with van der Waals surface area (Å²) < 4.78 is 0.937. The van der Waals surface area contributed by atoms with E-state index in [9.17, 15) is 4.79 Å². The van der Waals surface area contributed by atoms with E-state index < -0.39 is 0 Å². The zero-order valence-electron chi connectivity index (χ0n) is 12.8. The van der Waals surface area contributed by atoms with Crippen LogP contribution in [0.15, 0.2) is 42.0 Å². The summed E-state index contributed by atoms with van der Waals surface area (Å²) >= 11 is 1.37. The first-order valence-electron chi connectivity index (χ1n) is 6.48. The lowest BCUT2D eigenvalue weighted by molar-refractivity contribution is 0.102. The van der Waals surface area contributed by atoms with Crippen LogP contribution in [0.3, 0.4) is 0 Å². The average Bonchev–Trinajstić information content (AvgIpc) is 3.07. The summed E-state index contributed by atoms with van der Waals surface area (Å²) in [5, 5.41) is 19.7. The van der Waals surface area contributed by atoms with Crippen LogP contribution in [0, 0.1) is 23.7 Å². The molecule has 0 atom stereocenters. The fourth-order valence-electron chi connectivity index (χ4n) is 1.75. The largest absolute Gasteiger partial charge is 0.323 e. The minimum Gasteiger partial charge on any atom is -0.323 e. The summed E-state index contributed by atoms with van der Waals surface area (Å²) in [6, 6.07) is 5.61. The van der Waals surface area contributed by atoms with Crippen LogP contribution < -0.4 is 11.2 Å². The number of rotatable bonds is 3. The molecule has 9 nitrogen and oxygen atoms in total. The predicted molar refractivity (Wildman–Crippen MR) is 94.7 cm³/mol. The van der Waals surface area contributed by atoms with Crippen molar-refractivity contribution in [1.82, 2.24) is 15.0 Å². The Morgan fingerprint density at radius 1 is 1.24 bits per heavy atom. The fourth-order valence-corrected chi connectivity index (χ4v) is 2.66. The molecule has 10 heteroatoms. The number of anilines is 1. The highest BCUT2D eigenvalue weighted by atomic mass is 32.1. The quantitative estimate of drug-likeness (QED) is 0.414. The molecular weight excluding hydrogens is 340 g/mol. The van der Waals surface area contributed by atoms with E-state index in [1.54, 1.807) is 6.21 Å². The Morgan fingerprint density at radius 2 is 1.92 bits per heavy atom. The molecule has 3 rings (SSSR count). The van der Waals surface area contributed by atoms with Gasteiger partial charge in [0.15, 0.2) is 5.13 Å². The summed E-state index contributed by atoms with van der Waals surface area (Å²) in [7, 11) is 0. The molecular formula is C15H12N8OS. The number of nitrogens with two attached hydrogens (primary N) is 1. The number of thiazole rings is 1. The van der Waals surface area contributed by atoms with Gasteiger partial charge in [0.2, 0.25) is 0 Å². The van der Waals surface area contributed by atoms with Gasteiger partial charge in [0.1, 0.15) is 6.33 Å². The summed E-state index contributed by atoms with van der Waals surface area (Å²) in [6.07, 6.45) is 5.82. The van der Waals surface area contributed by atoms with E-state index in [1.165, 1.54) is 30.1 Å². The van der Waals surface area contributed by atoms with Gasteiger partial charge in [0.25, 0.3) is 5.91 Å². The van der Waals surface area contributed by atoms with E-state index in [4.69, 9.17) is 16.4 Å². The number of carbonyl (C=O) groups is 1. The Balaban J connectivity index is 0.000000730. The molecule has 0 fully saturated rings. The molecule has 2 aromatic heterocycles. The number of nitrogens with one attached hydrogen (secondary N) is 1. The maximum absolute atomic E-state index is 12.0. The number of carbonyl (C=O) groups excluding carboxylic acids is 1. The first kappa shape index (κ1) is 19.2. The molecule has 0 radical (unpaired) electrons. The highest BCUT2D eigenvalue weighted by molar-refractivity contribution is 7.22. The van der Waals surface area contributed by atoms with Crippen LogP contribution in [-0.4, -0.2) is 27.1 Å². The van der Waals surface area contributed by atoms with Crippen molar-refractivity contribution in [1.29, 1.82) is 10.5 Å². The molecule has 0 saturated carbocycles. The van der Waals surface area contributed by atoms with Crippen molar-refractivity contribution in [3.63, 3.8) is 0 Å². The standard InChI is InChI=1S/C13H10N6OS.2CHN/c14-17-4-8-1-2-10-11(3-8)21-13(18-10)19-12(20)9-5-15-7-16-6-9;2*1-2/h1-7H,14H2,(H,18,19,20);2*1H. The van der Waals surface area contributed by atoms with Gasteiger partial charge in [-0.3, -0.25) is 10.1 Å². The normalized spacial score (nSPS) is 9.44. The third-order valence-electron chi connectivity index (χ3n) is 2.68. The molecule has 0 unspecified atom stereocenters. The van der Waals surface area contributed by atoms with Gasteiger partial charge in [-0.05, 0) is 17.7 Å². The Hall–Kier alpha value is -3.89. The van der Waals surface area contributed by atoms with Crippen LogP contribution in [-0.2, 0) is 0 Å². The second-order valence-corrected chi connectivity index (χ2v) is 5.14. The van der Waals surface area contributed by atoms with Gasteiger partial charge in [0.05, 0.1) is 22.0 Å². The second kappa shape index (κ2) is 9.99. The number of hydrogen-bond donors (Lipinski definition) is 2. The van der Waals surface area contributed by atoms with Gasteiger partial charge in [-0.25, -0.2) is 25.5 Å². The van der Waals surface area contributed by atoms with Crippen molar-refractivity contribution in [2.45, 2.75) is 0 Å². The summed E-state index contributed by atoms with van der Waals surface area (Å²) in [4.78, 5) is 24.0. The number of benzene rings is 1. The van der Waals surface area contributed by atoms with Crippen LogP contribution in [0.5, 0.6) is 0 Å². The van der Waals surface area contributed by atoms with E-state index in [-0.39, 0.29) is 5.91 Å². The van der Waals surface area contributed by atoms with Crippen LogP contribution in [0.2, 0.25) is 0 Å². The number of fused-ring (bicyclic) bond motifs is 1. The lowest BCUT2D eigenvalue weighted by Gasteiger charge is -1.99. The third kappa shape index (κ3) is 5.06. The minimum atomic E-state index is -0.293. The van der Waals surface area contributed by atoms with Crippen LogP contribution in [0.1, 0.15) is 15.9 Å². The van der Waals surface area contributed by atoms with Gasteiger partial charge in [0, 0.05) is 25.5 Å². The van der Waals surface area contributed by atoms with Gasteiger partial charge < -0.3 is 5.84 Å². The smallest absolute Gasteiger partial charge is 0.260 e. The van der Waals surface area contributed by atoms with Crippen LogP contribution in [0.25, 0.3) is 10.2 Å². The SMILES string of the molecule is C#N.C#N.NN=Cc1ccc2nc(NC(=O)c3cncnc3)sc2c1. The number of aromatic nitrogens is 3. The van der Waals surface area contributed by atoms with E-state index in [1.807, 2.05) is 18.2 Å². The molecule has 1 amide bonds. The molecule has 3 N–H and O–H groups in total. The highest BCUT2D eigenvalue weighted by Gasteiger charge is 2.10. The molecule has 0 aliphatic carbocycles. The van der Waals surface area contributed by atoms with E-state index >= 15 is 0 Å². The first-order valence-corrected chi connectivity index (χ1v) is 7.30. The molecule has 0 bridgehead atoms. The third-order valence-corrected chi connectivity index (χ3v) is 3.61. The van der Waals surface area contributed by atoms with Gasteiger partial charge in [-0.15, -0.1) is 0 Å². The Labute approximate surface area is 147 Å². The second-order valence-electron chi connectivity index (χ2n) is 4.11. The van der Waals surface area contributed by atoms with Gasteiger partial charge >= 0.3 is 0 Å². The molecule has 3 aromatic rings. The predicted octanol–water partition coefficient (Wildman–Crippen LogP) is 1.91. The fraction of sp³-hybridized carbons (Fsp3) is 0. The van der Waals surface area contributed by atoms with Crippen LogP contribution in [0.4, 0.5) is 5.13 Å². The summed E-state index contributed by atoms with van der Waals surface area (Å²) in [5.41, 5.74) is 2.06. The first-order chi connectivity index (χ1) is 12.3. The number of nitriles is 2. The van der Waals surface area contributed by atoms with Crippen molar-refractivity contribution in [3.8, 4) is 13.1 Å². The minimum absolute atomic E-state index is 0.293. The van der Waals surface area contributed by atoms with Crippen molar-refractivity contribution >= 4 is 38.8 Å². The van der Waals surface area contributed by atoms with Crippen molar-refractivity contribution < 1.29 is 4.79 Å². The van der Waals surface area contributed by atoms with Crippen molar-refractivity contribution in [3.05, 3.63) is 48.0 Å². The summed E-state index contributed by atoms with van der Waals surface area (Å²) in [6.45, 7) is 7.00. The Bertz CT molecular complexity index is 895. The number of amides is 1. The van der Waals surface area contributed by atoms with E-state index in [0.717, 1.165) is 15.8 Å². The van der Waals surface area contributed by atoms with E-state index in [2.05, 4.69) is 38.5 Å². The molecule has 0 aliphatic rings. The zero-order valence-corrected chi connectivity index (χ0v) is 13.6. The summed E-state index contributed by atoms with van der Waals surface area (Å²) in [5.74, 6) is 4.84. The van der Waals surface area contributed by atoms with Gasteiger partial charge in [-0.2, -0.15) is 5.10 Å². The topological polar surface area (TPSA) is 154 Å². The number of hydrogen-bond acceptors (Lipinski definition) is 9. The monoisotopic (exact) mass is 352 g/mol. The highest BCUT2D eigenvalue weighted by Crippen LogP contribution is 2.26. The van der Waals surface area contributed by atoms with Crippen molar-refractivity contribution in [2.75, 3.05) is 5.32 Å². The molecule has 0 saturated heterocycles. The molecule has 0 spiro atoms. The van der Waals surface area contributed by atoms with Crippen molar-refractivity contribution in [2.24, 2.45) is 10.9 Å². The molecule has 25 heavy (non-hydrogen) atoms. The molecule has 1 aromatic carbocycles. The molecule has 124 valence electrons. The Morgan fingerprint density at radius 3 is 2.56 bits per heavy atom. The Kier molecular flexibility index (Phi) is 7.66. The lowest BCUT2D eigenvalue weighted by atomic mass is 10.2. The van der Waals surface area contributed by atoms with E-state index in [0.29, 0.717) is 10.7 Å². The number of nitrogens with zero attached hydrogens (tertiary/aromatic N) is 6. The van der Waals surface area contributed by atoms with Gasteiger partial charge in [-0.1, -0.05) is 17.4 Å². The van der Waals surface area contributed by atoms with Crippen LogP contribution >= 0.6 is 11.3 Å². The number of hydrazone groups is 1. The maximum Gasteiger partial charge on any atom is 0.260 e. The molecule has 0 aliphatic heterocycles. The maximum atomic E-state index is 12.0. The average molecular weight is 352 g/mol. The lowest BCUT2D eigenvalue weighted by Crippen LogP contribution is -2.12. The molecule has 2 heterocycles.